The van der Waals surface area contributed by atoms with Crippen LogP contribution in [0, 0.1) is 27.7 Å². The summed E-state index contributed by atoms with van der Waals surface area (Å²) < 4.78 is 1.65. The van der Waals surface area contributed by atoms with Gasteiger partial charge in [-0.05, 0) is 27.7 Å². The van der Waals surface area contributed by atoms with E-state index in [1.54, 1.807) is 4.68 Å². The summed E-state index contributed by atoms with van der Waals surface area (Å²) in [6, 6.07) is 1.87. The zero-order valence-electron chi connectivity index (χ0n) is 9.74. The molecule has 0 atom stereocenters. The van der Waals surface area contributed by atoms with Crippen LogP contribution in [0.3, 0.4) is 0 Å². The van der Waals surface area contributed by atoms with Crippen LogP contribution < -0.4 is 0 Å². The smallest absolute Gasteiger partial charge is 0.159 e. The Labute approximate surface area is 99.3 Å². The second-order valence-corrected chi connectivity index (χ2v) is 4.19. The van der Waals surface area contributed by atoms with Crippen LogP contribution in [0.15, 0.2) is 6.07 Å². The fourth-order valence-electron chi connectivity index (χ4n) is 1.53. The third-order valence-electron chi connectivity index (χ3n) is 2.46. The van der Waals surface area contributed by atoms with E-state index in [1.807, 2.05) is 33.8 Å². The van der Waals surface area contributed by atoms with Crippen LogP contribution in [-0.2, 0) is 0 Å². The maximum Gasteiger partial charge on any atom is 0.159 e. The fraction of sp³-hybridized carbons (Fsp3) is 0.364. The maximum absolute atomic E-state index is 6.19. The van der Waals surface area contributed by atoms with Gasteiger partial charge in [-0.25, -0.2) is 14.6 Å². The lowest BCUT2D eigenvalue weighted by Gasteiger charge is -2.04. The lowest BCUT2D eigenvalue weighted by Crippen LogP contribution is -2.03. The van der Waals surface area contributed by atoms with Crippen molar-refractivity contribution >= 4 is 11.6 Å². The Kier molecular flexibility index (Phi) is 2.68. The lowest BCUT2D eigenvalue weighted by molar-refractivity contribution is 0.811. The minimum atomic E-state index is 0.606. The van der Waals surface area contributed by atoms with Gasteiger partial charge in [-0.15, -0.1) is 0 Å². The highest BCUT2D eigenvalue weighted by molar-refractivity contribution is 6.30. The van der Waals surface area contributed by atoms with Crippen LogP contribution in [0.25, 0.3) is 5.82 Å². The molecule has 2 heterocycles. The van der Waals surface area contributed by atoms with Gasteiger partial charge in [0, 0.05) is 17.3 Å². The molecule has 2 aromatic rings. The molecule has 16 heavy (non-hydrogen) atoms. The number of aromatic nitrogens is 4. The van der Waals surface area contributed by atoms with Crippen LogP contribution in [-0.4, -0.2) is 19.7 Å². The molecular formula is C11H13ClN4. The standard InChI is InChI=1S/C11H13ClN4/c1-6-5-10(14-9(4)13-6)16-11(12)7(2)8(3)15-16/h5H,1-4H3. The van der Waals surface area contributed by atoms with E-state index in [2.05, 4.69) is 15.1 Å². The summed E-state index contributed by atoms with van der Waals surface area (Å²) in [6.07, 6.45) is 0. The van der Waals surface area contributed by atoms with E-state index in [-0.39, 0.29) is 0 Å². The zero-order chi connectivity index (χ0) is 11.9. The zero-order valence-corrected chi connectivity index (χ0v) is 10.5. The predicted octanol–water partition coefficient (Wildman–Crippen LogP) is 2.55. The summed E-state index contributed by atoms with van der Waals surface area (Å²) in [4.78, 5) is 8.55. The first kappa shape index (κ1) is 11.1. The highest BCUT2D eigenvalue weighted by Crippen LogP contribution is 2.21. The number of nitrogens with zero attached hydrogens (tertiary/aromatic N) is 4. The Hall–Kier alpha value is -1.42. The summed E-state index contributed by atoms with van der Waals surface area (Å²) in [5, 5.41) is 4.96. The molecule has 0 unspecified atom stereocenters. The van der Waals surface area contributed by atoms with Crippen molar-refractivity contribution in [3.63, 3.8) is 0 Å². The molecule has 0 aliphatic rings. The van der Waals surface area contributed by atoms with E-state index >= 15 is 0 Å². The lowest BCUT2D eigenvalue weighted by atomic mass is 10.3. The van der Waals surface area contributed by atoms with Crippen molar-refractivity contribution in [1.29, 1.82) is 0 Å². The molecule has 0 bridgehead atoms. The highest BCUT2D eigenvalue weighted by atomic mass is 35.5. The van der Waals surface area contributed by atoms with Crippen molar-refractivity contribution in [2.75, 3.05) is 0 Å². The second-order valence-electron chi connectivity index (χ2n) is 3.83. The molecule has 0 saturated heterocycles. The van der Waals surface area contributed by atoms with Crippen LogP contribution >= 0.6 is 11.6 Å². The van der Waals surface area contributed by atoms with Gasteiger partial charge in [0.05, 0.1) is 5.69 Å². The van der Waals surface area contributed by atoms with E-state index in [0.29, 0.717) is 11.0 Å². The second kappa shape index (κ2) is 3.87. The Morgan fingerprint density at radius 3 is 2.31 bits per heavy atom. The van der Waals surface area contributed by atoms with Crippen molar-refractivity contribution in [3.8, 4) is 5.82 Å². The van der Waals surface area contributed by atoms with Crippen LogP contribution in [0.2, 0.25) is 5.15 Å². The van der Waals surface area contributed by atoms with E-state index in [4.69, 9.17) is 11.6 Å². The van der Waals surface area contributed by atoms with Gasteiger partial charge in [-0.3, -0.25) is 0 Å². The Balaban J connectivity index is 2.62. The van der Waals surface area contributed by atoms with Crippen molar-refractivity contribution in [1.82, 2.24) is 19.7 Å². The van der Waals surface area contributed by atoms with Gasteiger partial charge in [0.2, 0.25) is 0 Å². The van der Waals surface area contributed by atoms with E-state index < -0.39 is 0 Å². The number of halogens is 1. The normalized spacial score (nSPS) is 10.8. The Bertz CT molecular complexity index is 525. The van der Waals surface area contributed by atoms with Crippen molar-refractivity contribution in [2.24, 2.45) is 0 Å². The molecule has 2 aromatic heterocycles. The molecule has 0 N–H and O–H groups in total. The largest absolute Gasteiger partial charge is 0.238 e. The molecule has 2 rings (SSSR count). The van der Waals surface area contributed by atoms with Gasteiger partial charge in [0.25, 0.3) is 0 Å². The summed E-state index contributed by atoms with van der Waals surface area (Å²) in [5.74, 6) is 1.43. The van der Waals surface area contributed by atoms with E-state index in [9.17, 15) is 0 Å². The van der Waals surface area contributed by atoms with Gasteiger partial charge in [-0.2, -0.15) is 5.10 Å². The van der Waals surface area contributed by atoms with Crippen LogP contribution in [0.5, 0.6) is 0 Å². The Morgan fingerprint density at radius 1 is 1.12 bits per heavy atom. The first-order valence-corrected chi connectivity index (χ1v) is 5.41. The molecule has 0 aliphatic carbocycles. The van der Waals surface area contributed by atoms with Crippen LogP contribution in [0.1, 0.15) is 22.8 Å². The van der Waals surface area contributed by atoms with E-state index in [1.165, 1.54) is 0 Å². The fourth-order valence-corrected chi connectivity index (χ4v) is 1.80. The summed E-state index contributed by atoms with van der Waals surface area (Å²) in [6.45, 7) is 7.66. The average Bonchev–Trinajstić information content (AvgIpc) is 2.44. The van der Waals surface area contributed by atoms with Gasteiger partial charge in [0.15, 0.2) is 5.82 Å². The van der Waals surface area contributed by atoms with Gasteiger partial charge >= 0.3 is 0 Å². The third-order valence-corrected chi connectivity index (χ3v) is 2.90. The first-order valence-electron chi connectivity index (χ1n) is 5.03. The molecular weight excluding hydrogens is 224 g/mol. The minimum absolute atomic E-state index is 0.606. The quantitative estimate of drug-likeness (QED) is 0.764. The number of rotatable bonds is 1. The molecule has 0 saturated carbocycles. The average molecular weight is 237 g/mol. The predicted molar refractivity (Wildman–Crippen MR) is 63.1 cm³/mol. The molecule has 84 valence electrons. The Morgan fingerprint density at radius 2 is 1.81 bits per heavy atom. The van der Waals surface area contributed by atoms with Gasteiger partial charge in [0.1, 0.15) is 11.0 Å². The molecule has 5 heteroatoms. The molecule has 0 radical (unpaired) electrons. The SMILES string of the molecule is Cc1cc(-n2nc(C)c(C)c2Cl)nc(C)n1. The minimum Gasteiger partial charge on any atom is -0.238 e. The molecule has 0 spiro atoms. The van der Waals surface area contributed by atoms with Crippen molar-refractivity contribution in [3.05, 3.63) is 34.0 Å². The molecule has 0 aliphatic heterocycles. The summed E-state index contributed by atoms with van der Waals surface area (Å²) >= 11 is 6.19. The highest BCUT2D eigenvalue weighted by Gasteiger charge is 2.12. The van der Waals surface area contributed by atoms with Crippen molar-refractivity contribution in [2.45, 2.75) is 27.7 Å². The van der Waals surface area contributed by atoms with E-state index in [0.717, 1.165) is 22.8 Å². The number of hydrogen-bond acceptors (Lipinski definition) is 3. The molecule has 0 aromatic carbocycles. The maximum atomic E-state index is 6.19. The monoisotopic (exact) mass is 236 g/mol. The molecule has 0 fully saturated rings. The summed E-state index contributed by atoms with van der Waals surface area (Å²) in [7, 11) is 0. The van der Waals surface area contributed by atoms with Crippen molar-refractivity contribution < 1.29 is 0 Å². The third kappa shape index (κ3) is 1.80. The number of aryl methyl sites for hydroxylation is 3. The van der Waals surface area contributed by atoms with Gasteiger partial charge in [-0.1, -0.05) is 11.6 Å². The topological polar surface area (TPSA) is 43.6 Å². The van der Waals surface area contributed by atoms with Crippen LogP contribution in [0.4, 0.5) is 0 Å². The summed E-state index contributed by atoms with van der Waals surface area (Å²) in [5.41, 5.74) is 2.80. The first-order chi connectivity index (χ1) is 7.49. The van der Waals surface area contributed by atoms with Gasteiger partial charge < -0.3 is 0 Å². The molecule has 4 nitrogen and oxygen atoms in total. The number of hydrogen-bond donors (Lipinski definition) is 0. The molecule has 0 amide bonds.